The molecule has 1 amide bonds. The van der Waals surface area contributed by atoms with Gasteiger partial charge in [0.2, 0.25) is 5.91 Å². The molecule has 3 heteroatoms. The van der Waals surface area contributed by atoms with E-state index < -0.39 is 0 Å². The molecule has 1 aromatic carbocycles. The highest BCUT2D eigenvalue weighted by molar-refractivity contribution is 5.79. The number of rotatable bonds is 2. The lowest BCUT2D eigenvalue weighted by molar-refractivity contribution is -0.141. The molecule has 2 aliphatic rings. The standard InChI is InChI=1S/C16H21NO2/c18-15(13-7-3-1-4-8-13)17-11-12-19-16(17)14-9-5-2-6-10-14/h2,5-6,9-10,13,16H,1,3-4,7-8,11-12H2. The highest BCUT2D eigenvalue weighted by Crippen LogP contribution is 2.32. The van der Waals surface area contributed by atoms with E-state index >= 15 is 0 Å². The number of ether oxygens (including phenoxy) is 1. The Morgan fingerprint density at radius 1 is 1.11 bits per heavy atom. The van der Waals surface area contributed by atoms with Crippen LogP contribution in [0.25, 0.3) is 0 Å². The van der Waals surface area contributed by atoms with E-state index in [1.807, 2.05) is 35.2 Å². The van der Waals surface area contributed by atoms with Gasteiger partial charge in [0.1, 0.15) is 0 Å². The molecule has 3 nitrogen and oxygen atoms in total. The van der Waals surface area contributed by atoms with Crippen LogP contribution in [0.4, 0.5) is 0 Å². The predicted molar refractivity (Wildman–Crippen MR) is 73.4 cm³/mol. The molecule has 102 valence electrons. The van der Waals surface area contributed by atoms with Gasteiger partial charge in [-0.05, 0) is 12.8 Å². The molecule has 1 saturated carbocycles. The number of hydrogen-bond donors (Lipinski definition) is 0. The molecule has 0 spiro atoms. The zero-order chi connectivity index (χ0) is 13.1. The largest absolute Gasteiger partial charge is 0.352 e. The van der Waals surface area contributed by atoms with E-state index in [-0.39, 0.29) is 12.1 Å². The fraction of sp³-hybridized carbons (Fsp3) is 0.562. The Morgan fingerprint density at radius 2 is 1.84 bits per heavy atom. The maximum atomic E-state index is 12.6. The second-order valence-electron chi connectivity index (χ2n) is 5.50. The lowest BCUT2D eigenvalue weighted by Crippen LogP contribution is -2.37. The molecule has 3 rings (SSSR count). The smallest absolute Gasteiger partial charge is 0.228 e. The van der Waals surface area contributed by atoms with Gasteiger partial charge in [0.25, 0.3) is 0 Å². The van der Waals surface area contributed by atoms with Crippen molar-refractivity contribution in [1.29, 1.82) is 0 Å². The molecular formula is C16H21NO2. The summed E-state index contributed by atoms with van der Waals surface area (Å²) in [5.74, 6) is 0.521. The topological polar surface area (TPSA) is 29.5 Å². The van der Waals surface area contributed by atoms with E-state index in [4.69, 9.17) is 4.74 Å². The lowest BCUT2D eigenvalue weighted by atomic mass is 9.88. The average molecular weight is 259 g/mol. The highest BCUT2D eigenvalue weighted by Gasteiger charge is 2.34. The van der Waals surface area contributed by atoms with Crippen LogP contribution in [0.5, 0.6) is 0 Å². The van der Waals surface area contributed by atoms with Crippen molar-refractivity contribution < 1.29 is 9.53 Å². The van der Waals surface area contributed by atoms with Gasteiger partial charge in [-0.25, -0.2) is 0 Å². The van der Waals surface area contributed by atoms with E-state index in [2.05, 4.69) is 0 Å². The molecule has 1 unspecified atom stereocenters. The molecule has 1 aliphatic carbocycles. The maximum absolute atomic E-state index is 12.6. The van der Waals surface area contributed by atoms with E-state index in [1.54, 1.807) is 0 Å². The number of benzene rings is 1. The SMILES string of the molecule is O=C(C1CCCCC1)N1CCOC1c1ccccc1. The molecule has 2 fully saturated rings. The summed E-state index contributed by atoms with van der Waals surface area (Å²) < 4.78 is 5.77. The summed E-state index contributed by atoms with van der Waals surface area (Å²) in [7, 11) is 0. The minimum Gasteiger partial charge on any atom is -0.352 e. The van der Waals surface area contributed by atoms with Crippen LogP contribution < -0.4 is 0 Å². The minimum absolute atomic E-state index is 0.171. The van der Waals surface area contributed by atoms with Crippen LogP contribution in [0.1, 0.15) is 43.9 Å². The Balaban J connectivity index is 1.74. The summed E-state index contributed by atoms with van der Waals surface area (Å²) in [6, 6.07) is 10.1. The predicted octanol–water partition coefficient (Wildman–Crippen LogP) is 3.12. The number of hydrogen-bond acceptors (Lipinski definition) is 2. The van der Waals surface area contributed by atoms with Gasteiger partial charge in [-0.2, -0.15) is 0 Å². The second-order valence-corrected chi connectivity index (χ2v) is 5.50. The van der Waals surface area contributed by atoms with Crippen molar-refractivity contribution in [3.05, 3.63) is 35.9 Å². The first kappa shape index (κ1) is 12.7. The molecule has 1 heterocycles. The number of nitrogens with zero attached hydrogens (tertiary/aromatic N) is 1. The molecular weight excluding hydrogens is 238 g/mol. The number of carbonyl (C=O) groups excluding carboxylic acids is 1. The van der Waals surface area contributed by atoms with Gasteiger partial charge in [0.05, 0.1) is 6.61 Å². The van der Waals surface area contributed by atoms with E-state index in [9.17, 15) is 4.79 Å². The molecule has 19 heavy (non-hydrogen) atoms. The van der Waals surface area contributed by atoms with Gasteiger partial charge >= 0.3 is 0 Å². The monoisotopic (exact) mass is 259 g/mol. The molecule has 0 N–H and O–H groups in total. The first-order chi connectivity index (χ1) is 9.36. The Labute approximate surface area is 114 Å². The average Bonchev–Trinajstić information content (AvgIpc) is 2.98. The van der Waals surface area contributed by atoms with Gasteiger partial charge in [-0.1, -0.05) is 49.6 Å². The molecule has 0 radical (unpaired) electrons. The highest BCUT2D eigenvalue weighted by atomic mass is 16.5. The van der Waals surface area contributed by atoms with Crippen molar-refractivity contribution >= 4 is 5.91 Å². The van der Waals surface area contributed by atoms with Crippen molar-refractivity contribution in [3.8, 4) is 0 Å². The number of amides is 1. The first-order valence-electron chi connectivity index (χ1n) is 7.33. The Bertz CT molecular complexity index is 426. The van der Waals surface area contributed by atoms with Crippen LogP contribution in [0.15, 0.2) is 30.3 Å². The normalized spacial score (nSPS) is 24.6. The summed E-state index contributed by atoms with van der Waals surface area (Å²) in [6.45, 7) is 1.38. The minimum atomic E-state index is -0.171. The van der Waals surface area contributed by atoms with Gasteiger partial charge in [0.15, 0.2) is 6.23 Å². The third-order valence-corrected chi connectivity index (χ3v) is 4.21. The summed E-state index contributed by atoms with van der Waals surface area (Å²) in [5.41, 5.74) is 1.09. The van der Waals surface area contributed by atoms with Gasteiger partial charge in [-0.15, -0.1) is 0 Å². The third-order valence-electron chi connectivity index (χ3n) is 4.21. The van der Waals surface area contributed by atoms with Crippen molar-refractivity contribution in [2.45, 2.75) is 38.3 Å². The Morgan fingerprint density at radius 3 is 2.58 bits per heavy atom. The van der Waals surface area contributed by atoms with Crippen LogP contribution in [-0.4, -0.2) is 24.0 Å². The molecule has 0 aromatic heterocycles. The summed E-state index contributed by atoms with van der Waals surface area (Å²) in [6.07, 6.45) is 5.61. The van der Waals surface area contributed by atoms with Crippen LogP contribution in [0.2, 0.25) is 0 Å². The third kappa shape index (κ3) is 2.66. The molecule has 0 bridgehead atoms. The fourth-order valence-electron chi connectivity index (χ4n) is 3.17. The van der Waals surface area contributed by atoms with E-state index in [0.29, 0.717) is 12.5 Å². The van der Waals surface area contributed by atoms with Crippen LogP contribution in [0.3, 0.4) is 0 Å². The van der Waals surface area contributed by atoms with Crippen molar-refractivity contribution in [1.82, 2.24) is 4.90 Å². The molecule has 1 saturated heterocycles. The van der Waals surface area contributed by atoms with Gasteiger partial charge in [0, 0.05) is 18.0 Å². The van der Waals surface area contributed by atoms with Crippen LogP contribution in [-0.2, 0) is 9.53 Å². The summed E-state index contributed by atoms with van der Waals surface area (Å²) in [5, 5.41) is 0. The second kappa shape index (κ2) is 5.74. The van der Waals surface area contributed by atoms with Gasteiger partial charge < -0.3 is 9.64 Å². The number of carbonyl (C=O) groups is 1. The maximum Gasteiger partial charge on any atom is 0.228 e. The molecule has 1 aliphatic heterocycles. The quantitative estimate of drug-likeness (QED) is 0.816. The zero-order valence-electron chi connectivity index (χ0n) is 11.3. The Hall–Kier alpha value is -1.35. The van der Waals surface area contributed by atoms with Crippen LogP contribution in [0, 0.1) is 5.92 Å². The molecule has 1 atom stereocenters. The van der Waals surface area contributed by atoms with Crippen LogP contribution >= 0.6 is 0 Å². The van der Waals surface area contributed by atoms with Crippen molar-refractivity contribution in [3.63, 3.8) is 0 Å². The summed E-state index contributed by atoms with van der Waals surface area (Å²) in [4.78, 5) is 14.6. The van der Waals surface area contributed by atoms with Gasteiger partial charge in [-0.3, -0.25) is 4.79 Å². The van der Waals surface area contributed by atoms with E-state index in [1.165, 1.54) is 19.3 Å². The first-order valence-corrected chi connectivity index (χ1v) is 7.33. The van der Waals surface area contributed by atoms with Crippen molar-refractivity contribution in [2.24, 2.45) is 5.92 Å². The lowest BCUT2D eigenvalue weighted by Gasteiger charge is -2.29. The zero-order valence-corrected chi connectivity index (χ0v) is 11.3. The molecule has 1 aromatic rings. The fourth-order valence-corrected chi connectivity index (χ4v) is 3.17. The Kier molecular flexibility index (Phi) is 3.83. The van der Waals surface area contributed by atoms with E-state index in [0.717, 1.165) is 24.9 Å². The summed E-state index contributed by atoms with van der Waals surface area (Å²) >= 11 is 0. The van der Waals surface area contributed by atoms with Crippen molar-refractivity contribution in [2.75, 3.05) is 13.2 Å².